The van der Waals surface area contributed by atoms with E-state index in [0.717, 1.165) is 36.8 Å². The second-order valence-corrected chi connectivity index (χ2v) is 9.97. The van der Waals surface area contributed by atoms with Gasteiger partial charge in [0.15, 0.2) is 11.6 Å². The van der Waals surface area contributed by atoms with Crippen LogP contribution in [0.4, 0.5) is 0 Å². The number of aliphatic hydroxyl groups excluding tert-OH is 2. The van der Waals surface area contributed by atoms with E-state index >= 15 is 0 Å². The van der Waals surface area contributed by atoms with Crippen LogP contribution in [0.1, 0.15) is 66.2 Å². The molecule has 0 aromatic carbocycles. The van der Waals surface area contributed by atoms with Crippen LogP contribution in [-0.2, 0) is 9.59 Å². The third-order valence-electron chi connectivity index (χ3n) is 5.93. The van der Waals surface area contributed by atoms with Crippen molar-refractivity contribution in [3.63, 3.8) is 0 Å². The van der Waals surface area contributed by atoms with Crippen LogP contribution >= 0.6 is 0 Å². The van der Waals surface area contributed by atoms with Gasteiger partial charge in [0.25, 0.3) is 0 Å². The summed E-state index contributed by atoms with van der Waals surface area (Å²) < 4.78 is 0. The summed E-state index contributed by atoms with van der Waals surface area (Å²) >= 11 is 0. The molecule has 0 aliphatic heterocycles. The van der Waals surface area contributed by atoms with E-state index < -0.39 is 0 Å². The van der Waals surface area contributed by atoms with Crippen molar-refractivity contribution in [3.8, 4) is 0 Å². The van der Waals surface area contributed by atoms with Crippen LogP contribution in [0.3, 0.4) is 0 Å². The average molecular weight is 413 g/mol. The number of Topliss-reactive ketones (excluding diaryl/α,β-unsaturated/α-hetero) is 2. The second kappa shape index (κ2) is 10.3. The first-order valence-electron chi connectivity index (χ1n) is 10.9. The van der Waals surface area contributed by atoms with Gasteiger partial charge in [0.1, 0.15) is 0 Å². The fourth-order valence-electron chi connectivity index (χ4n) is 3.56. The molecule has 2 N–H and O–H groups in total. The first kappa shape index (κ1) is 24.2. The van der Waals surface area contributed by atoms with E-state index in [0.29, 0.717) is 24.0 Å². The molecule has 0 aromatic rings. The quantitative estimate of drug-likeness (QED) is 0.483. The first-order valence-corrected chi connectivity index (χ1v) is 10.9. The Morgan fingerprint density at radius 2 is 1.07 bits per heavy atom. The lowest BCUT2D eigenvalue weighted by molar-refractivity contribution is -0.112. The fourth-order valence-corrected chi connectivity index (χ4v) is 3.56. The molecule has 0 radical (unpaired) electrons. The molecule has 2 aliphatic carbocycles. The minimum Gasteiger partial charge on any atom is -0.396 e. The lowest BCUT2D eigenvalue weighted by atomic mass is 9.87. The van der Waals surface area contributed by atoms with Crippen LogP contribution < -0.4 is 0 Å². The largest absolute Gasteiger partial charge is 0.396 e. The lowest BCUT2D eigenvalue weighted by Gasteiger charge is -2.21. The van der Waals surface area contributed by atoms with Crippen LogP contribution in [0.5, 0.6) is 0 Å². The van der Waals surface area contributed by atoms with Crippen LogP contribution in [0, 0.1) is 10.8 Å². The van der Waals surface area contributed by atoms with Crippen LogP contribution in [0.2, 0.25) is 0 Å². The molecule has 164 valence electrons. The third kappa shape index (κ3) is 6.75. The maximum atomic E-state index is 12.6. The number of ketones is 2. The standard InChI is InChI=1S/C26H36O4/c1-25(2,17-27)15-5-7-19-9-11-21(23(19)29)13-14-22-12-10-20(24(22)30)8-6-16-26(3,4)18-28/h9-14,27-28H,5-8,15-18H2,1-4H3/b14-13-. The minimum absolute atomic E-state index is 0.0264. The number of carbonyl (C=O) groups is 2. The third-order valence-corrected chi connectivity index (χ3v) is 5.93. The normalized spacial score (nSPS) is 17.5. The number of allylic oxidation sites excluding steroid dienone is 10. The van der Waals surface area contributed by atoms with E-state index in [4.69, 9.17) is 0 Å². The number of rotatable bonds is 12. The zero-order chi connectivity index (χ0) is 22.4. The molecule has 2 rings (SSSR count). The van der Waals surface area contributed by atoms with Crippen molar-refractivity contribution >= 4 is 11.6 Å². The summed E-state index contributed by atoms with van der Waals surface area (Å²) in [7, 11) is 0. The monoisotopic (exact) mass is 412 g/mol. The van der Waals surface area contributed by atoms with Gasteiger partial charge in [-0.15, -0.1) is 0 Å². The van der Waals surface area contributed by atoms with E-state index in [-0.39, 0.29) is 35.6 Å². The molecule has 0 saturated heterocycles. The maximum Gasteiger partial charge on any atom is 0.189 e. The van der Waals surface area contributed by atoms with Crippen molar-refractivity contribution in [2.24, 2.45) is 10.8 Å². The Balaban J connectivity index is 1.80. The Morgan fingerprint density at radius 1 is 0.700 bits per heavy atom. The molecule has 30 heavy (non-hydrogen) atoms. The molecule has 0 saturated carbocycles. The summed E-state index contributed by atoms with van der Waals surface area (Å²) in [5.74, 6) is 0.0528. The van der Waals surface area contributed by atoms with Gasteiger partial charge in [0.2, 0.25) is 0 Å². The number of hydrogen-bond donors (Lipinski definition) is 2. The number of aliphatic hydroxyl groups is 2. The number of carbonyl (C=O) groups excluding carboxylic acids is 2. The predicted molar refractivity (Wildman–Crippen MR) is 121 cm³/mol. The molecule has 0 atom stereocenters. The second-order valence-electron chi connectivity index (χ2n) is 9.97. The van der Waals surface area contributed by atoms with E-state index in [1.165, 1.54) is 0 Å². The summed E-state index contributed by atoms with van der Waals surface area (Å²) in [6, 6.07) is 0. The zero-order valence-electron chi connectivity index (χ0n) is 18.8. The van der Waals surface area contributed by atoms with Crippen LogP contribution in [0.25, 0.3) is 0 Å². The minimum atomic E-state index is -0.119. The van der Waals surface area contributed by atoms with Crippen molar-refractivity contribution < 1.29 is 19.8 Å². The van der Waals surface area contributed by atoms with E-state index in [9.17, 15) is 19.8 Å². The summed E-state index contributed by atoms with van der Waals surface area (Å²) in [5.41, 5.74) is 2.57. The number of hydrogen-bond acceptors (Lipinski definition) is 4. The van der Waals surface area contributed by atoms with Crippen molar-refractivity contribution in [1.29, 1.82) is 0 Å². The molecule has 0 aromatic heterocycles. The van der Waals surface area contributed by atoms with Gasteiger partial charge in [0.05, 0.1) is 0 Å². The van der Waals surface area contributed by atoms with Crippen molar-refractivity contribution in [2.45, 2.75) is 66.2 Å². The summed E-state index contributed by atoms with van der Waals surface area (Å²) in [6.45, 7) is 8.37. The highest BCUT2D eigenvalue weighted by Gasteiger charge is 2.22. The molecular formula is C26H36O4. The van der Waals surface area contributed by atoms with Crippen molar-refractivity contribution in [1.82, 2.24) is 0 Å². The van der Waals surface area contributed by atoms with Gasteiger partial charge in [-0.1, -0.05) is 64.2 Å². The fraction of sp³-hybridized carbons (Fsp3) is 0.538. The van der Waals surface area contributed by atoms with Gasteiger partial charge in [0, 0.05) is 35.5 Å². The lowest BCUT2D eigenvalue weighted by Crippen LogP contribution is -2.16. The average Bonchev–Trinajstić information content (AvgIpc) is 3.23. The Morgan fingerprint density at radius 3 is 1.40 bits per heavy atom. The van der Waals surface area contributed by atoms with E-state index in [1.807, 2.05) is 52.0 Å². The summed E-state index contributed by atoms with van der Waals surface area (Å²) in [4.78, 5) is 25.1. The highest BCUT2D eigenvalue weighted by Crippen LogP contribution is 2.29. The van der Waals surface area contributed by atoms with Gasteiger partial charge < -0.3 is 10.2 Å². The van der Waals surface area contributed by atoms with Gasteiger partial charge in [-0.25, -0.2) is 0 Å². The summed E-state index contributed by atoms with van der Waals surface area (Å²) in [5, 5.41) is 18.7. The molecule has 0 bridgehead atoms. The Labute approximate surface area is 180 Å². The molecule has 2 aliphatic rings. The SMILES string of the molecule is CC(C)(CO)CCCC1=CC=C(/C=C\C2=CC=C(CCCC(C)(C)CO)C2=O)C1=O. The Kier molecular flexibility index (Phi) is 8.34. The van der Waals surface area contributed by atoms with Gasteiger partial charge in [-0.2, -0.15) is 0 Å². The highest BCUT2D eigenvalue weighted by atomic mass is 16.3. The topological polar surface area (TPSA) is 74.6 Å². The van der Waals surface area contributed by atoms with E-state index in [1.54, 1.807) is 12.2 Å². The molecule has 0 heterocycles. The molecule has 0 spiro atoms. The Bertz CT molecular complexity index is 748. The summed E-state index contributed by atoms with van der Waals surface area (Å²) in [6.07, 6.45) is 15.7. The van der Waals surface area contributed by atoms with Gasteiger partial charge in [-0.3, -0.25) is 9.59 Å². The molecule has 4 heteroatoms. The maximum absolute atomic E-state index is 12.6. The molecule has 4 nitrogen and oxygen atoms in total. The first-order chi connectivity index (χ1) is 14.1. The zero-order valence-corrected chi connectivity index (χ0v) is 18.8. The van der Waals surface area contributed by atoms with Crippen molar-refractivity contribution in [2.75, 3.05) is 13.2 Å². The Hall–Kier alpha value is -2.04. The molecular weight excluding hydrogens is 376 g/mol. The highest BCUT2D eigenvalue weighted by molar-refractivity contribution is 6.15. The van der Waals surface area contributed by atoms with Crippen molar-refractivity contribution in [3.05, 3.63) is 58.7 Å². The van der Waals surface area contributed by atoms with Crippen LogP contribution in [0.15, 0.2) is 58.7 Å². The molecule has 0 unspecified atom stereocenters. The van der Waals surface area contributed by atoms with E-state index in [2.05, 4.69) is 0 Å². The van der Waals surface area contributed by atoms with Gasteiger partial charge in [-0.05, 0) is 49.4 Å². The molecule has 0 amide bonds. The van der Waals surface area contributed by atoms with Crippen LogP contribution in [-0.4, -0.2) is 35.0 Å². The smallest absolute Gasteiger partial charge is 0.189 e. The van der Waals surface area contributed by atoms with Gasteiger partial charge >= 0.3 is 0 Å². The molecule has 0 fully saturated rings. The predicted octanol–water partition coefficient (Wildman–Crippen LogP) is 4.79.